The zero-order valence-electron chi connectivity index (χ0n) is 13.7. The molecule has 1 aromatic carbocycles. The third kappa shape index (κ3) is 3.93. The van der Waals surface area contributed by atoms with Crippen LogP contribution in [0.2, 0.25) is 0 Å². The Labute approximate surface area is 147 Å². The Hall–Kier alpha value is -2.54. The second kappa shape index (κ2) is 7.14. The van der Waals surface area contributed by atoms with Gasteiger partial charge in [0.05, 0.1) is 23.0 Å². The molecule has 4 nitrogen and oxygen atoms in total. The summed E-state index contributed by atoms with van der Waals surface area (Å²) in [5, 5.41) is 4.61. The minimum atomic E-state index is -0.689. The lowest BCUT2D eigenvalue weighted by Crippen LogP contribution is -2.29. The third-order valence-corrected chi connectivity index (χ3v) is 4.62. The number of aryl methyl sites for hydroxylation is 1. The molecular formula is C18H16F2N2O2S. The number of carbonyl (C=O) groups excluding carboxylic acids is 1. The first-order chi connectivity index (χ1) is 11.9. The van der Waals surface area contributed by atoms with Crippen molar-refractivity contribution in [3.8, 4) is 10.8 Å². The van der Waals surface area contributed by atoms with Gasteiger partial charge in [0, 0.05) is 11.6 Å². The number of benzene rings is 1. The summed E-state index contributed by atoms with van der Waals surface area (Å²) in [5.74, 6) is -0.609. The molecule has 0 spiro atoms. The molecule has 1 atom stereocenters. The summed E-state index contributed by atoms with van der Waals surface area (Å²) in [5.41, 5.74) is 0.763. The molecular weight excluding hydrogens is 346 g/mol. The number of rotatable bonds is 5. The fraction of sp³-hybridized carbons (Fsp3) is 0.222. The highest BCUT2D eigenvalue weighted by Gasteiger charge is 2.18. The number of nitrogens with one attached hydrogen (secondary N) is 1. The summed E-state index contributed by atoms with van der Waals surface area (Å²) < 4.78 is 32.4. The number of carbonyl (C=O) groups is 1. The van der Waals surface area contributed by atoms with E-state index >= 15 is 0 Å². The van der Waals surface area contributed by atoms with Gasteiger partial charge in [-0.25, -0.2) is 13.8 Å². The zero-order chi connectivity index (χ0) is 18.0. The van der Waals surface area contributed by atoms with Crippen molar-refractivity contribution in [2.75, 3.05) is 0 Å². The number of nitrogens with zero attached hydrogens (tertiary/aromatic N) is 1. The van der Waals surface area contributed by atoms with E-state index in [9.17, 15) is 13.6 Å². The Morgan fingerprint density at radius 1 is 1.36 bits per heavy atom. The van der Waals surface area contributed by atoms with Crippen molar-refractivity contribution in [1.29, 1.82) is 0 Å². The van der Waals surface area contributed by atoms with Gasteiger partial charge in [-0.2, -0.15) is 0 Å². The summed E-state index contributed by atoms with van der Waals surface area (Å²) >= 11 is 1.50. The molecule has 2 heterocycles. The van der Waals surface area contributed by atoms with E-state index in [4.69, 9.17) is 4.42 Å². The lowest BCUT2D eigenvalue weighted by molar-refractivity contribution is -0.121. The first kappa shape index (κ1) is 17.3. The standard InChI is InChI=1S/C18H16F2N2O2S/c1-10(13-6-5-12(19)8-14(13)20)21-17(23)9-15-11(2)24-18(22-15)16-4-3-7-25-16/h3-8,10H,9H2,1-2H3,(H,21,23). The maximum atomic E-state index is 13.8. The third-order valence-electron chi connectivity index (χ3n) is 3.76. The van der Waals surface area contributed by atoms with Gasteiger partial charge in [0.25, 0.3) is 0 Å². The Kier molecular flexibility index (Phi) is 4.94. The van der Waals surface area contributed by atoms with E-state index in [0.717, 1.165) is 17.0 Å². The van der Waals surface area contributed by atoms with Gasteiger partial charge in [-0.1, -0.05) is 12.1 Å². The monoisotopic (exact) mass is 362 g/mol. The summed E-state index contributed by atoms with van der Waals surface area (Å²) in [6.45, 7) is 3.39. The van der Waals surface area contributed by atoms with Crippen LogP contribution in [-0.4, -0.2) is 10.9 Å². The summed E-state index contributed by atoms with van der Waals surface area (Å²) in [7, 11) is 0. The average molecular weight is 362 g/mol. The van der Waals surface area contributed by atoms with Crippen molar-refractivity contribution >= 4 is 17.2 Å². The molecule has 3 aromatic rings. The average Bonchev–Trinajstić information content (AvgIpc) is 3.17. The van der Waals surface area contributed by atoms with E-state index in [-0.39, 0.29) is 17.9 Å². The Morgan fingerprint density at radius 2 is 2.16 bits per heavy atom. The van der Waals surface area contributed by atoms with Crippen LogP contribution in [0.5, 0.6) is 0 Å². The lowest BCUT2D eigenvalue weighted by atomic mass is 10.1. The molecule has 0 saturated heterocycles. The van der Waals surface area contributed by atoms with Gasteiger partial charge >= 0.3 is 0 Å². The summed E-state index contributed by atoms with van der Waals surface area (Å²) in [6.07, 6.45) is 0.0217. The minimum absolute atomic E-state index is 0.0217. The second-order valence-corrected chi connectivity index (χ2v) is 6.58. The first-order valence-corrected chi connectivity index (χ1v) is 8.56. The molecule has 0 aliphatic rings. The largest absolute Gasteiger partial charge is 0.440 e. The Morgan fingerprint density at radius 3 is 2.84 bits per heavy atom. The number of hydrogen-bond donors (Lipinski definition) is 1. The quantitative estimate of drug-likeness (QED) is 0.731. The van der Waals surface area contributed by atoms with E-state index in [0.29, 0.717) is 17.3 Å². The van der Waals surface area contributed by atoms with Crippen molar-refractivity contribution in [3.05, 3.63) is 64.4 Å². The van der Waals surface area contributed by atoms with Crippen LogP contribution in [0.15, 0.2) is 40.1 Å². The van der Waals surface area contributed by atoms with Crippen LogP contribution in [-0.2, 0) is 11.2 Å². The molecule has 1 unspecified atom stereocenters. The maximum absolute atomic E-state index is 13.8. The molecule has 0 radical (unpaired) electrons. The topological polar surface area (TPSA) is 55.1 Å². The number of aromatic nitrogens is 1. The molecule has 2 aromatic heterocycles. The Balaban J connectivity index is 1.68. The molecule has 1 amide bonds. The van der Waals surface area contributed by atoms with E-state index < -0.39 is 17.7 Å². The molecule has 25 heavy (non-hydrogen) atoms. The molecule has 3 rings (SSSR count). The molecule has 0 aliphatic heterocycles. The molecule has 130 valence electrons. The van der Waals surface area contributed by atoms with E-state index in [1.54, 1.807) is 13.8 Å². The van der Waals surface area contributed by atoms with E-state index in [1.165, 1.54) is 17.4 Å². The van der Waals surface area contributed by atoms with Crippen molar-refractivity contribution in [1.82, 2.24) is 10.3 Å². The molecule has 1 N–H and O–H groups in total. The van der Waals surface area contributed by atoms with Gasteiger partial charge in [0.2, 0.25) is 11.8 Å². The smallest absolute Gasteiger partial charge is 0.236 e. The van der Waals surface area contributed by atoms with Crippen molar-refractivity contribution in [2.45, 2.75) is 26.3 Å². The summed E-state index contributed by atoms with van der Waals surface area (Å²) in [6, 6.07) is 6.48. The first-order valence-electron chi connectivity index (χ1n) is 7.68. The summed E-state index contributed by atoms with van der Waals surface area (Å²) in [4.78, 5) is 17.5. The van der Waals surface area contributed by atoms with Crippen LogP contribution >= 0.6 is 11.3 Å². The van der Waals surface area contributed by atoms with Gasteiger partial charge in [0.1, 0.15) is 17.4 Å². The van der Waals surface area contributed by atoms with Crippen molar-refractivity contribution in [2.24, 2.45) is 0 Å². The second-order valence-electron chi connectivity index (χ2n) is 5.63. The minimum Gasteiger partial charge on any atom is -0.440 e. The van der Waals surface area contributed by atoms with Crippen LogP contribution in [0.25, 0.3) is 10.8 Å². The van der Waals surface area contributed by atoms with Crippen LogP contribution in [0, 0.1) is 18.6 Å². The zero-order valence-corrected chi connectivity index (χ0v) is 14.5. The van der Waals surface area contributed by atoms with Gasteiger partial charge in [-0.3, -0.25) is 4.79 Å². The number of thiophene rings is 1. The van der Waals surface area contributed by atoms with Crippen LogP contribution in [0.3, 0.4) is 0 Å². The number of hydrogen-bond acceptors (Lipinski definition) is 4. The molecule has 0 saturated carbocycles. The maximum Gasteiger partial charge on any atom is 0.236 e. The SMILES string of the molecule is Cc1oc(-c2cccs2)nc1CC(=O)NC(C)c1ccc(F)cc1F. The molecule has 7 heteroatoms. The predicted octanol–water partition coefficient (Wildman–Crippen LogP) is 4.41. The van der Waals surface area contributed by atoms with Crippen LogP contribution < -0.4 is 5.32 Å². The number of amides is 1. The molecule has 0 bridgehead atoms. The normalized spacial score (nSPS) is 12.2. The van der Waals surface area contributed by atoms with Crippen LogP contribution in [0.1, 0.15) is 30.0 Å². The van der Waals surface area contributed by atoms with Crippen LogP contribution in [0.4, 0.5) is 8.78 Å². The van der Waals surface area contributed by atoms with Gasteiger partial charge < -0.3 is 9.73 Å². The molecule has 0 aliphatic carbocycles. The Bertz CT molecular complexity index is 891. The predicted molar refractivity (Wildman–Crippen MR) is 91.2 cm³/mol. The fourth-order valence-corrected chi connectivity index (χ4v) is 3.12. The lowest BCUT2D eigenvalue weighted by Gasteiger charge is -2.14. The highest BCUT2D eigenvalue weighted by molar-refractivity contribution is 7.13. The van der Waals surface area contributed by atoms with E-state index in [2.05, 4.69) is 10.3 Å². The highest BCUT2D eigenvalue weighted by Crippen LogP contribution is 2.26. The van der Waals surface area contributed by atoms with Gasteiger partial charge in [-0.05, 0) is 31.4 Å². The van der Waals surface area contributed by atoms with Crippen molar-refractivity contribution < 1.29 is 18.0 Å². The van der Waals surface area contributed by atoms with Crippen molar-refractivity contribution in [3.63, 3.8) is 0 Å². The fourth-order valence-electron chi connectivity index (χ4n) is 2.47. The van der Waals surface area contributed by atoms with Gasteiger partial charge in [-0.15, -0.1) is 11.3 Å². The number of oxazole rings is 1. The molecule has 0 fully saturated rings. The highest BCUT2D eigenvalue weighted by atomic mass is 32.1. The van der Waals surface area contributed by atoms with Gasteiger partial charge in [0.15, 0.2) is 0 Å². The number of halogens is 2. The van der Waals surface area contributed by atoms with E-state index in [1.807, 2.05) is 17.5 Å².